The summed E-state index contributed by atoms with van der Waals surface area (Å²) in [5, 5.41) is 37.5. The fraction of sp³-hybridized carbons (Fsp3) is 0.520. The van der Waals surface area contributed by atoms with Crippen molar-refractivity contribution in [1.29, 1.82) is 0 Å². The Kier molecular flexibility index (Phi) is 8.49. The standard InChI is InChI=1S/C25H36O6/c1-23(2,19-5-9-21(10-6-19)30-17-24(3,13-26)14-27)20-7-11-22(12-8-20)31-18-25(4,15-28)16-29/h5-12,26-29H,13-18H2,1-4H3. The summed E-state index contributed by atoms with van der Waals surface area (Å²) in [6.45, 7) is 7.70. The van der Waals surface area contributed by atoms with Crippen molar-refractivity contribution in [3.05, 3.63) is 59.7 Å². The molecule has 2 rings (SSSR count). The van der Waals surface area contributed by atoms with E-state index in [0.717, 1.165) is 11.1 Å². The van der Waals surface area contributed by atoms with Crippen LogP contribution < -0.4 is 9.47 Å². The molecule has 0 unspecified atom stereocenters. The maximum Gasteiger partial charge on any atom is 0.119 e. The van der Waals surface area contributed by atoms with E-state index in [1.165, 1.54) is 0 Å². The zero-order chi connectivity index (χ0) is 23.1. The minimum absolute atomic E-state index is 0.145. The van der Waals surface area contributed by atoms with Crippen LogP contribution in [0.25, 0.3) is 0 Å². The fourth-order valence-electron chi connectivity index (χ4n) is 2.90. The summed E-state index contributed by atoms with van der Waals surface area (Å²) < 4.78 is 11.5. The van der Waals surface area contributed by atoms with Crippen LogP contribution in [-0.2, 0) is 5.41 Å². The number of benzene rings is 2. The molecule has 172 valence electrons. The minimum Gasteiger partial charge on any atom is -0.493 e. The van der Waals surface area contributed by atoms with E-state index in [-0.39, 0.29) is 45.1 Å². The highest BCUT2D eigenvalue weighted by Gasteiger charge is 2.26. The first-order valence-electron chi connectivity index (χ1n) is 10.5. The van der Waals surface area contributed by atoms with Crippen LogP contribution in [0.2, 0.25) is 0 Å². The van der Waals surface area contributed by atoms with Crippen molar-refractivity contribution in [2.75, 3.05) is 39.6 Å². The molecular formula is C25H36O6. The van der Waals surface area contributed by atoms with Crippen LogP contribution >= 0.6 is 0 Å². The lowest BCUT2D eigenvalue weighted by molar-refractivity contribution is 0.0285. The van der Waals surface area contributed by atoms with E-state index >= 15 is 0 Å². The van der Waals surface area contributed by atoms with Crippen LogP contribution in [0.1, 0.15) is 38.8 Å². The Hall–Kier alpha value is -2.12. The second-order valence-corrected chi connectivity index (χ2v) is 9.50. The van der Waals surface area contributed by atoms with Gasteiger partial charge >= 0.3 is 0 Å². The predicted octanol–water partition coefficient (Wildman–Crippen LogP) is 2.75. The Labute approximate surface area is 185 Å². The summed E-state index contributed by atoms with van der Waals surface area (Å²) in [4.78, 5) is 0. The first-order valence-corrected chi connectivity index (χ1v) is 10.5. The molecule has 0 bridgehead atoms. The van der Waals surface area contributed by atoms with Crippen LogP contribution in [0.15, 0.2) is 48.5 Å². The molecule has 2 aromatic rings. The van der Waals surface area contributed by atoms with Gasteiger partial charge in [0.1, 0.15) is 11.5 Å². The lowest BCUT2D eigenvalue weighted by Gasteiger charge is -2.28. The summed E-state index contributed by atoms with van der Waals surface area (Å²) in [7, 11) is 0. The van der Waals surface area contributed by atoms with E-state index in [1.54, 1.807) is 13.8 Å². The van der Waals surface area contributed by atoms with Crippen molar-refractivity contribution in [2.24, 2.45) is 10.8 Å². The van der Waals surface area contributed by atoms with Gasteiger partial charge < -0.3 is 29.9 Å². The van der Waals surface area contributed by atoms with E-state index in [2.05, 4.69) is 13.8 Å². The second-order valence-electron chi connectivity index (χ2n) is 9.50. The molecule has 31 heavy (non-hydrogen) atoms. The van der Waals surface area contributed by atoms with E-state index in [9.17, 15) is 20.4 Å². The molecule has 0 aliphatic carbocycles. The lowest BCUT2D eigenvalue weighted by Crippen LogP contribution is -2.33. The van der Waals surface area contributed by atoms with Crippen LogP contribution in [0, 0.1) is 10.8 Å². The van der Waals surface area contributed by atoms with Gasteiger partial charge in [0, 0.05) is 16.2 Å². The van der Waals surface area contributed by atoms with E-state index in [4.69, 9.17) is 9.47 Å². The van der Waals surface area contributed by atoms with Crippen molar-refractivity contribution in [3.63, 3.8) is 0 Å². The number of hydrogen-bond donors (Lipinski definition) is 4. The van der Waals surface area contributed by atoms with E-state index in [0.29, 0.717) is 11.5 Å². The first kappa shape index (κ1) is 25.1. The normalized spacial score (nSPS) is 12.6. The number of ether oxygens (including phenoxy) is 2. The predicted molar refractivity (Wildman–Crippen MR) is 121 cm³/mol. The largest absolute Gasteiger partial charge is 0.493 e. The summed E-state index contributed by atoms with van der Waals surface area (Å²) in [5.74, 6) is 1.37. The van der Waals surface area contributed by atoms with Gasteiger partial charge in [0.2, 0.25) is 0 Å². The maximum atomic E-state index is 9.39. The van der Waals surface area contributed by atoms with Gasteiger partial charge in [-0.05, 0) is 35.4 Å². The molecule has 0 atom stereocenters. The Morgan fingerprint density at radius 3 is 1.10 bits per heavy atom. The van der Waals surface area contributed by atoms with Crippen molar-refractivity contribution in [3.8, 4) is 11.5 Å². The number of hydrogen-bond acceptors (Lipinski definition) is 6. The molecule has 6 heteroatoms. The summed E-state index contributed by atoms with van der Waals surface area (Å²) >= 11 is 0. The molecule has 0 saturated heterocycles. The number of rotatable bonds is 12. The zero-order valence-corrected chi connectivity index (χ0v) is 19.0. The van der Waals surface area contributed by atoms with Gasteiger partial charge in [-0.1, -0.05) is 52.0 Å². The molecule has 6 nitrogen and oxygen atoms in total. The van der Waals surface area contributed by atoms with Gasteiger partial charge in [0.05, 0.1) is 39.6 Å². The van der Waals surface area contributed by atoms with Crippen molar-refractivity contribution in [2.45, 2.75) is 33.1 Å². The molecule has 0 aliphatic rings. The van der Waals surface area contributed by atoms with E-state index in [1.807, 2.05) is 48.5 Å². The van der Waals surface area contributed by atoms with Crippen molar-refractivity contribution < 1.29 is 29.9 Å². The van der Waals surface area contributed by atoms with Gasteiger partial charge in [-0.3, -0.25) is 0 Å². The average Bonchev–Trinajstić information content (AvgIpc) is 2.81. The molecule has 0 fully saturated rings. The highest BCUT2D eigenvalue weighted by atomic mass is 16.5. The topological polar surface area (TPSA) is 99.4 Å². The van der Waals surface area contributed by atoms with Crippen LogP contribution in [0.4, 0.5) is 0 Å². The minimum atomic E-state index is -0.673. The monoisotopic (exact) mass is 432 g/mol. The SMILES string of the molecule is CC(CO)(CO)COc1ccc(C(C)(C)c2ccc(OCC(C)(CO)CO)cc2)cc1. The molecular weight excluding hydrogens is 396 g/mol. The fourth-order valence-corrected chi connectivity index (χ4v) is 2.90. The third-order valence-electron chi connectivity index (χ3n) is 5.85. The third kappa shape index (κ3) is 6.43. The van der Waals surface area contributed by atoms with Gasteiger partial charge in [-0.15, -0.1) is 0 Å². The molecule has 0 aromatic heterocycles. The van der Waals surface area contributed by atoms with Crippen molar-refractivity contribution >= 4 is 0 Å². The van der Waals surface area contributed by atoms with Gasteiger partial charge in [0.15, 0.2) is 0 Å². The molecule has 2 aromatic carbocycles. The highest BCUT2D eigenvalue weighted by Crippen LogP contribution is 2.33. The summed E-state index contributed by atoms with van der Waals surface area (Å²) in [5.41, 5.74) is 0.649. The quantitative estimate of drug-likeness (QED) is 0.412. The Morgan fingerprint density at radius 1 is 0.548 bits per heavy atom. The number of aliphatic hydroxyl groups is 4. The van der Waals surface area contributed by atoms with Crippen LogP contribution in [-0.4, -0.2) is 60.1 Å². The smallest absolute Gasteiger partial charge is 0.119 e. The van der Waals surface area contributed by atoms with Crippen LogP contribution in [0.3, 0.4) is 0 Å². The van der Waals surface area contributed by atoms with E-state index < -0.39 is 10.8 Å². The van der Waals surface area contributed by atoms with Gasteiger partial charge in [0.25, 0.3) is 0 Å². The Balaban J connectivity index is 2.05. The molecule has 4 N–H and O–H groups in total. The Morgan fingerprint density at radius 2 is 0.839 bits per heavy atom. The molecule has 0 saturated carbocycles. The molecule has 0 amide bonds. The molecule has 0 aliphatic heterocycles. The molecule has 0 radical (unpaired) electrons. The third-order valence-corrected chi connectivity index (χ3v) is 5.85. The van der Waals surface area contributed by atoms with Crippen molar-refractivity contribution in [1.82, 2.24) is 0 Å². The maximum absolute atomic E-state index is 9.39. The highest BCUT2D eigenvalue weighted by molar-refractivity contribution is 5.41. The second kappa shape index (κ2) is 10.5. The summed E-state index contributed by atoms with van der Waals surface area (Å²) in [6, 6.07) is 15.7. The summed E-state index contributed by atoms with van der Waals surface area (Å²) in [6.07, 6.45) is 0. The van der Waals surface area contributed by atoms with Gasteiger partial charge in [-0.2, -0.15) is 0 Å². The van der Waals surface area contributed by atoms with Crippen LogP contribution in [0.5, 0.6) is 11.5 Å². The lowest BCUT2D eigenvalue weighted by atomic mass is 9.78. The average molecular weight is 433 g/mol. The first-order chi connectivity index (χ1) is 14.6. The zero-order valence-electron chi connectivity index (χ0n) is 19.0. The number of aliphatic hydroxyl groups excluding tert-OH is 4. The Bertz CT molecular complexity index is 722. The molecule has 0 heterocycles. The molecule has 0 spiro atoms. The van der Waals surface area contributed by atoms with Gasteiger partial charge in [-0.25, -0.2) is 0 Å².